The van der Waals surface area contributed by atoms with Crippen molar-refractivity contribution in [2.24, 2.45) is 0 Å². The second-order valence-electron chi connectivity index (χ2n) is 34.0. The van der Waals surface area contributed by atoms with E-state index in [1.54, 1.807) is 12.1 Å². The molecule has 5 fully saturated rings. The number of benzene rings is 4. The van der Waals surface area contributed by atoms with E-state index in [-0.39, 0.29) is 23.0 Å². The average Bonchev–Trinajstić information content (AvgIpc) is 1.54. The molecule has 5 saturated heterocycles. The van der Waals surface area contributed by atoms with Gasteiger partial charge in [-0.25, -0.2) is 39.1 Å². The summed E-state index contributed by atoms with van der Waals surface area (Å²) in [5, 5.41) is 16.6. The molecule has 3 atom stereocenters. The summed E-state index contributed by atoms with van der Waals surface area (Å²) in [6.45, 7) is 28.5. The molecule has 21 rings (SSSR count). The van der Waals surface area contributed by atoms with Crippen molar-refractivity contribution in [1.29, 1.82) is 0 Å². The van der Waals surface area contributed by atoms with Crippen molar-refractivity contribution >= 4 is 77.8 Å². The Morgan fingerprint density at radius 2 is 0.911 bits per heavy atom. The number of imidazole rings is 4. The zero-order valence-corrected chi connectivity index (χ0v) is 71.8. The second-order valence-corrected chi connectivity index (χ2v) is 34.0. The van der Waals surface area contributed by atoms with Gasteiger partial charge in [0.2, 0.25) is 0 Å². The van der Waals surface area contributed by atoms with E-state index in [0.29, 0.717) is 110 Å². The molecule has 29 heteroatoms. The van der Waals surface area contributed by atoms with Gasteiger partial charge in [-0.1, -0.05) is 18.6 Å². The molecule has 16 aromatic rings. The number of likely N-dealkylation sites (N-methyl/N-ethyl adjacent to an activating group) is 1. The summed E-state index contributed by atoms with van der Waals surface area (Å²) < 4.78 is 41.5. The lowest BCUT2D eigenvalue weighted by molar-refractivity contribution is 0.0876. The number of β-amino-alcohol motifs (C(OH)–C–C–N with tert-alkyl or cyclic N) is 1. The number of hydrogen-bond donors (Lipinski definition) is 2. The standard InChI is InChI=1S/C26H29N5O2.C24H26N4O3.C23H24N4O4.C22H23N5O2/c1-16-12-30-15-23(28-25(30)18(3)27-16)22-10-19-7-8-20(11-24(19)33-26(22)32)29-13-21(14-29)31-9-5-4-6-17(31)2;1-15-12-28-13-21(27-23(28)16(2)26-15)20-11-18-6-5-17(10-22(18)31-24(20)29)4-3-8-25-19-7-9-30-14-19;1-14-11-27-13-20(25-22(27)15(2)24-14)19-9-16-3-4-18(10-21(16)31-23(19)29)30-8-7-26-6-5-17(28)12-26;1-13-9-27-12-19(24-21(27)14(2)23-13)18-7-15-5-6-16(8-20(15)29-22(18)28)26-10-17(11-26)25(3)4/h7-8,10-12,15,17,21H,4-6,9,13-14H2,1-3H3;5-6,10-13,19,25H,3-4,7-9,14H2,1-2H3;3-4,9-11,13,17,28H,5-8,12H2,1-2H3;5-9,12,17H,10-11H2,1-4H3/t;;17-;/m..1./s1. The van der Waals surface area contributed by atoms with E-state index in [2.05, 4.69) is 109 Å². The van der Waals surface area contributed by atoms with Crippen LogP contribution in [0.2, 0.25) is 0 Å². The number of nitrogens with one attached hydrogen (secondary N) is 1. The number of fused-ring (bicyclic) bond motifs is 8. The fourth-order valence-corrected chi connectivity index (χ4v) is 17.7. The van der Waals surface area contributed by atoms with Crippen molar-refractivity contribution in [2.45, 2.75) is 138 Å². The molecule has 0 spiro atoms. The quantitative estimate of drug-likeness (QED) is 0.0632. The molecule has 0 radical (unpaired) electrons. The number of aromatic nitrogens is 12. The Morgan fingerprint density at radius 3 is 1.34 bits per heavy atom. The maximum Gasteiger partial charge on any atom is 0.345 e. The van der Waals surface area contributed by atoms with Gasteiger partial charge in [-0.15, -0.1) is 0 Å². The Morgan fingerprint density at radius 1 is 0.476 bits per heavy atom. The van der Waals surface area contributed by atoms with Crippen LogP contribution in [0.25, 0.3) is 111 Å². The fraction of sp³-hybridized carbons (Fsp3) is 0.368. The average molecular weight is 1670 g/mol. The number of aliphatic hydroxyl groups excluding tert-OH is 1. The number of aryl methyl sites for hydroxylation is 9. The molecule has 5 aliphatic heterocycles. The lowest BCUT2D eigenvalue weighted by atomic mass is 9.97. The molecule has 124 heavy (non-hydrogen) atoms. The van der Waals surface area contributed by atoms with Crippen LogP contribution in [-0.4, -0.2) is 200 Å². The summed E-state index contributed by atoms with van der Waals surface area (Å²) in [6.07, 6.45) is 22.6. The molecule has 0 saturated carbocycles. The number of piperidine rings is 1. The van der Waals surface area contributed by atoms with Crippen LogP contribution in [0, 0.1) is 55.4 Å². The number of aliphatic hydroxyl groups is 1. The summed E-state index contributed by atoms with van der Waals surface area (Å²) in [5.74, 6) is 0.646. The predicted molar refractivity (Wildman–Crippen MR) is 480 cm³/mol. The minimum absolute atomic E-state index is 0.235. The topological polar surface area (TPSA) is 309 Å². The monoisotopic (exact) mass is 1670 g/mol. The van der Waals surface area contributed by atoms with Crippen molar-refractivity contribution in [1.82, 2.24) is 77.5 Å². The molecule has 0 amide bonds. The lowest BCUT2D eigenvalue weighted by Crippen LogP contribution is -2.62. The highest BCUT2D eigenvalue weighted by Crippen LogP contribution is 2.35. The van der Waals surface area contributed by atoms with Gasteiger partial charge in [-0.3, -0.25) is 29.7 Å². The van der Waals surface area contributed by atoms with Gasteiger partial charge >= 0.3 is 22.5 Å². The molecule has 2 unspecified atom stereocenters. The third kappa shape index (κ3) is 17.4. The molecule has 5 aliphatic rings. The highest BCUT2D eigenvalue weighted by atomic mass is 16.5. The van der Waals surface area contributed by atoms with Crippen LogP contribution in [0.1, 0.15) is 96.6 Å². The molecule has 0 aliphatic carbocycles. The summed E-state index contributed by atoms with van der Waals surface area (Å²) in [4.78, 5) is 99.0. The van der Waals surface area contributed by atoms with Crippen LogP contribution in [0.15, 0.2) is 183 Å². The largest absolute Gasteiger partial charge is 0.492 e. The Balaban J connectivity index is 0.000000113. The van der Waals surface area contributed by atoms with Crippen LogP contribution < -0.4 is 42.4 Å². The summed E-state index contributed by atoms with van der Waals surface area (Å²) in [5.41, 5.74) is 18.1. The zero-order valence-electron chi connectivity index (χ0n) is 71.8. The Bertz CT molecular complexity index is 7000. The number of rotatable bonds is 17. The minimum Gasteiger partial charge on any atom is -0.492 e. The smallest absolute Gasteiger partial charge is 0.345 e. The van der Waals surface area contributed by atoms with Crippen molar-refractivity contribution in [2.75, 3.05) is 103 Å². The zero-order chi connectivity index (χ0) is 85.9. The van der Waals surface area contributed by atoms with Crippen molar-refractivity contribution < 1.29 is 32.2 Å². The van der Waals surface area contributed by atoms with Gasteiger partial charge in [0.05, 0.1) is 103 Å². The first-order chi connectivity index (χ1) is 59.9. The highest BCUT2D eigenvalue weighted by molar-refractivity contribution is 5.87. The van der Waals surface area contributed by atoms with Crippen molar-refractivity contribution in [3.8, 4) is 50.8 Å². The Kier molecular flexibility index (Phi) is 23.0. The number of likely N-dealkylation sites (tertiary alicyclic amines) is 2. The van der Waals surface area contributed by atoms with E-state index in [9.17, 15) is 24.3 Å². The van der Waals surface area contributed by atoms with E-state index in [0.717, 1.165) is 191 Å². The first-order valence-electron chi connectivity index (χ1n) is 42.8. The molecule has 12 aromatic heterocycles. The molecule has 4 aromatic carbocycles. The van der Waals surface area contributed by atoms with Crippen LogP contribution in [0.3, 0.4) is 0 Å². The molecule has 638 valence electrons. The predicted octanol–water partition coefficient (Wildman–Crippen LogP) is 13.0. The number of anilines is 2. The van der Waals surface area contributed by atoms with Crippen molar-refractivity contribution in [3.63, 3.8) is 0 Å². The van der Waals surface area contributed by atoms with Crippen LogP contribution in [0.4, 0.5) is 11.4 Å². The van der Waals surface area contributed by atoms with Gasteiger partial charge in [0, 0.05) is 177 Å². The van der Waals surface area contributed by atoms with Gasteiger partial charge in [-0.05, 0) is 200 Å². The molecule has 17 heterocycles. The van der Waals surface area contributed by atoms with Gasteiger partial charge < -0.3 is 69.9 Å². The molecular formula is C95H102N18O11. The van der Waals surface area contributed by atoms with E-state index in [4.69, 9.17) is 27.1 Å². The first-order valence-corrected chi connectivity index (χ1v) is 42.8. The Hall–Kier alpha value is -12.6. The number of hydrogen-bond acceptors (Lipinski definition) is 25. The minimum atomic E-state index is -0.443. The summed E-state index contributed by atoms with van der Waals surface area (Å²) in [6, 6.07) is 33.6. The molecule has 2 N–H and O–H groups in total. The third-order valence-corrected chi connectivity index (χ3v) is 24.4. The Labute approximate surface area is 714 Å². The van der Waals surface area contributed by atoms with E-state index >= 15 is 0 Å². The molecular weight excluding hydrogens is 1570 g/mol. The first kappa shape index (κ1) is 82.3. The van der Waals surface area contributed by atoms with Gasteiger partial charge in [-0.2, -0.15) is 0 Å². The third-order valence-electron chi connectivity index (χ3n) is 24.4. The number of ether oxygens (including phenoxy) is 2. The second kappa shape index (κ2) is 34.6. The SMILES string of the molecule is Cc1cn2cc(-c3cc4ccc(CCCNC5CCOC5)cc4oc3=O)nc2c(C)n1.Cc1cn2cc(-c3cc4ccc(N5CC(N(C)C)C5)cc4oc3=O)nc2c(C)n1.Cc1cn2cc(-c3cc4ccc(N5CC(N6CCCCC6C)C5)cc4oc3=O)nc2c(C)n1.Cc1cn2cc(-c3cc4ccc(OCCN5CC[C@@H](O)C5)cc4oc3=O)nc2c(C)n1. The van der Waals surface area contributed by atoms with Gasteiger partial charge in [0.1, 0.15) is 34.7 Å². The maximum absolute atomic E-state index is 12.9. The van der Waals surface area contributed by atoms with E-state index < -0.39 is 5.63 Å². The van der Waals surface area contributed by atoms with Crippen LogP contribution >= 0.6 is 0 Å². The molecule has 29 nitrogen and oxygen atoms in total. The molecule has 0 bridgehead atoms. The van der Waals surface area contributed by atoms with Crippen molar-refractivity contribution in [3.05, 3.63) is 239 Å². The van der Waals surface area contributed by atoms with Crippen LogP contribution in [-0.2, 0) is 11.2 Å². The van der Waals surface area contributed by atoms with E-state index in [1.807, 2.05) is 189 Å². The maximum atomic E-state index is 12.9. The summed E-state index contributed by atoms with van der Waals surface area (Å²) in [7, 11) is 4.20. The fourth-order valence-electron chi connectivity index (χ4n) is 17.7. The highest BCUT2D eigenvalue weighted by Gasteiger charge is 2.36. The van der Waals surface area contributed by atoms with Gasteiger partial charge in [0.25, 0.3) is 0 Å². The summed E-state index contributed by atoms with van der Waals surface area (Å²) >= 11 is 0. The van der Waals surface area contributed by atoms with E-state index in [1.165, 1.54) is 25.8 Å². The normalized spacial score (nSPS) is 17.2. The lowest BCUT2D eigenvalue weighted by Gasteiger charge is -2.50. The number of nitrogens with zero attached hydrogens (tertiary/aromatic N) is 17. The van der Waals surface area contributed by atoms with Crippen LogP contribution in [0.5, 0.6) is 5.75 Å². The van der Waals surface area contributed by atoms with Gasteiger partial charge in [0.15, 0.2) is 22.6 Å².